The van der Waals surface area contributed by atoms with Crippen LogP contribution in [0.15, 0.2) is 30.3 Å². The van der Waals surface area contributed by atoms with Crippen LogP contribution in [0.25, 0.3) is 0 Å². The summed E-state index contributed by atoms with van der Waals surface area (Å²) in [5.41, 5.74) is 3.67. The Bertz CT molecular complexity index is 652. The van der Waals surface area contributed by atoms with Gasteiger partial charge in [0.1, 0.15) is 17.3 Å². The quantitative estimate of drug-likeness (QED) is 0.870. The second-order valence-corrected chi connectivity index (χ2v) is 5.52. The molecular weight excluding hydrogens is 265 g/mol. The summed E-state index contributed by atoms with van der Waals surface area (Å²) in [6, 6.07) is 9.37. The Kier molecular flexibility index (Phi) is 4.63. The van der Waals surface area contributed by atoms with E-state index in [9.17, 15) is 4.39 Å². The highest BCUT2D eigenvalue weighted by Crippen LogP contribution is 2.33. The first kappa shape index (κ1) is 15.5. The fourth-order valence-electron chi connectivity index (χ4n) is 2.28. The lowest BCUT2D eigenvalue weighted by Crippen LogP contribution is -2.14. The van der Waals surface area contributed by atoms with Crippen LogP contribution >= 0.6 is 0 Å². The molecule has 1 N–H and O–H groups in total. The van der Waals surface area contributed by atoms with E-state index in [-0.39, 0.29) is 11.9 Å². The van der Waals surface area contributed by atoms with Crippen molar-refractivity contribution < 1.29 is 9.13 Å². The Labute approximate surface area is 126 Å². The summed E-state index contributed by atoms with van der Waals surface area (Å²) in [6.07, 6.45) is 0. The van der Waals surface area contributed by atoms with Gasteiger partial charge in [-0.2, -0.15) is 0 Å². The number of ether oxygens (including phenoxy) is 1. The zero-order chi connectivity index (χ0) is 15.6. The molecule has 0 bridgehead atoms. The van der Waals surface area contributed by atoms with E-state index >= 15 is 0 Å². The first-order chi connectivity index (χ1) is 9.92. The smallest absolute Gasteiger partial charge is 0.132 e. The zero-order valence-electron chi connectivity index (χ0n) is 13.3. The normalized spacial score (nSPS) is 12.3. The second-order valence-electron chi connectivity index (χ2n) is 5.52. The fraction of sp³-hybridized carbons (Fsp3) is 0.333. The van der Waals surface area contributed by atoms with E-state index in [0.717, 1.165) is 16.9 Å². The standard InChI is InChI=1S/C18H22FNO/c1-11-6-7-17(13(3)8-11)21-18-9-12(2)16(19)10-15(18)14(4)20-5/h6-10,14,20H,1-5H3. The zero-order valence-corrected chi connectivity index (χ0v) is 13.3. The van der Waals surface area contributed by atoms with Gasteiger partial charge in [0.2, 0.25) is 0 Å². The summed E-state index contributed by atoms with van der Waals surface area (Å²) >= 11 is 0. The Morgan fingerprint density at radius 3 is 2.33 bits per heavy atom. The molecule has 0 spiro atoms. The van der Waals surface area contributed by atoms with Gasteiger partial charge >= 0.3 is 0 Å². The van der Waals surface area contributed by atoms with Crippen molar-refractivity contribution in [3.05, 3.63) is 58.4 Å². The molecule has 21 heavy (non-hydrogen) atoms. The summed E-state index contributed by atoms with van der Waals surface area (Å²) in [5, 5.41) is 3.13. The SMILES string of the molecule is CNC(C)c1cc(F)c(C)cc1Oc1ccc(C)cc1C. The molecule has 3 heteroatoms. The largest absolute Gasteiger partial charge is 0.457 e. The van der Waals surface area contributed by atoms with Gasteiger partial charge in [-0.1, -0.05) is 17.7 Å². The molecule has 1 unspecified atom stereocenters. The second kappa shape index (κ2) is 6.27. The van der Waals surface area contributed by atoms with Crippen molar-refractivity contribution in [2.45, 2.75) is 33.7 Å². The lowest BCUT2D eigenvalue weighted by Gasteiger charge is -2.18. The molecule has 0 amide bonds. The average molecular weight is 287 g/mol. The van der Waals surface area contributed by atoms with Crippen LogP contribution in [-0.2, 0) is 0 Å². The minimum Gasteiger partial charge on any atom is -0.457 e. The maximum Gasteiger partial charge on any atom is 0.132 e. The van der Waals surface area contributed by atoms with Gasteiger partial charge < -0.3 is 10.1 Å². The third-order valence-corrected chi connectivity index (χ3v) is 3.74. The number of hydrogen-bond acceptors (Lipinski definition) is 2. The first-order valence-electron chi connectivity index (χ1n) is 7.14. The Balaban J connectivity index is 2.45. The van der Waals surface area contributed by atoms with Crippen LogP contribution in [-0.4, -0.2) is 7.05 Å². The summed E-state index contributed by atoms with van der Waals surface area (Å²) in [4.78, 5) is 0. The molecule has 2 aromatic rings. The highest BCUT2D eigenvalue weighted by atomic mass is 19.1. The molecule has 0 fully saturated rings. The number of rotatable bonds is 4. The Morgan fingerprint density at radius 2 is 1.71 bits per heavy atom. The molecule has 2 aromatic carbocycles. The predicted octanol–water partition coefficient (Wildman–Crippen LogP) is 4.82. The van der Waals surface area contributed by atoms with E-state index in [1.807, 2.05) is 40.0 Å². The van der Waals surface area contributed by atoms with Crippen LogP contribution in [0.3, 0.4) is 0 Å². The maximum absolute atomic E-state index is 13.8. The van der Waals surface area contributed by atoms with Gasteiger partial charge in [-0.3, -0.25) is 0 Å². The summed E-state index contributed by atoms with van der Waals surface area (Å²) in [6.45, 7) is 7.80. The minimum absolute atomic E-state index is 0.0147. The summed E-state index contributed by atoms with van der Waals surface area (Å²) in [7, 11) is 1.85. The van der Waals surface area contributed by atoms with Crippen LogP contribution in [0.4, 0.5) is 4.39 Å². The van der Waals surface area contributed by atoms with Crippen molar-refractivity contribution >= 4 is 0 Å². The van der Waals surface area contributed by atoms with Crippen molar-refractivity contribution in [2.24, 2.45) is 0 Å². The number of benzene rings is 2. The van der Waals surface area contributed by atoms with Gasteiger partial charge in [-0.25, -0.2) is 4.39 Å². The van der Waals surface area contributed by atoms with Crippen LogP contribution in [0, 0.1) is 26.6 Å². The predicted molar refractivity (Wildman–Crippen MR) is 84.6 cm³/mol. The van der Waals surface area contributed by atoms with Gasteiger partial charge in [0, 0.05) is 11.6 Å². The fourth-order valence-corrected chi connectivity index (χ4v) is 2.28. The van der Waals surface area contributed by atoms with Crippen molar-refractivity contribution in [3.8, 4) is 11.5 Å². The van der Waals surface area contributed by atoms with E-state index < -0.39 is 0 Å². The summed E-state index contributed by atoms with van der Waals surface area (Å²) in [5.74, 6) is 1.29. The number of aryl methyl sites for hydroxylation is 3. The first-order valence-corrected chi connectivity index (χ1v) is 7.14. The number of halogens is 1. The number of nitrogens with one attached hydrogen (secondary N) is 1. The van der Waals surface area contributed by atoms with Gasteiger partial charge in [-0.15, -0.1) is 0 Å². The van der Waals surface area contributed by atoms with Crippen molar-refractivity contribution in [2.75, 3.05) is 7.05 Å². The van der Waals surface area contributed by atoms with E-state index in [1.165, 1.54) is 5.56 Å². The van der Waals surface area contributed by atoms with Gasteiger partial charge in [0.15, 0.2) is 0 Å². The third kappa shape index (κ3) is 3.42. The Morgan fingerprint density at radius 1 is 1.00 bits per heavy atom. The molecule has 0 aromatic heterocycles. The lowest BCUT2D eigenvalue weighted by molar-refractivity contribution is 0.459. The summed E-state index contributed by atoms with van der Waals surface area (Å²) < 4.78 is 19.9. The molecule has 0 aliphatic rings. The monoisotopic (exact) mass is 287 g/mol. The van der Waals surface area contributed by atoms with Gasteiger partial charge in [0.05, 0.1) is 0 Å². The molecule has 112 valence electrons. The van der Waals surface area contributed by atoms with E-state index in [4.69, 9.17) is 4.74 Å². The topological polar surface area (TPSA) is 21.3 Å². The van der Waals surface area contributed by atoms with Crippen LogP contribution < -0.4 is 10.1 Å². The van der Waals surface area contributed by atoms with Crippen LogP contribution in [0.2, 0.25) is 0 Å². The molecule has 2 rings (SSSR count). The molecule has 0 aliphatic heterocycles. The molecule has 0 aliphatic carbocycles. The third-order valence-electron chi connectivity index (χ3n) is 3.74. The molecular formula is C18H22FNO. The van der Waals surface area contributed by atoms with Crippen LogP contribution in [0.1, 0.15) is 35.2 Å². The van der Waals surface area contributed by atoms with Crippen LogP contribution in [0.5, 0.6) is 11.5 Å². The van der Waals surface area contributed by atoms with Crippen molar-refractivity contribution in [1.82, 2.24) is 5.32 Å². The molecule has 0 saturated heterocycles. The maximum atomic E-state index is 13.8. The van der Waals surface area contributed by atoms with E-state index in [1.54, 1.807) is 19.1 Å². The average Bonchev–Trinajstić information content (AvgIpc) is 2.44. The molecule has 0 heterocycles. The van der Waals surface area contributed by atoms with E-state index in [2.05, 4.69) is 11.4 Å². The minimum atomic E-state index is -0.208. The van der Waals surface area contributed by atoms with Gasteiger partial charge in [0.25, 0.3) is 0 Å². The highest BCUT2D eigenvalue weighted by molar-refractivity contribution is 5.45. The lowest BCUT2D eigenvalue weighted by atomic mass is 10.0. The molecule has 1 atom stereocenters. The van der Waals surface area contributed by atoms with Crippen molar-refractivity contribution in [1.29, 1.82) is 0 Å². The molecule has 0 radical (unpaired) electrons. The van der Waals surface area contributed by atoms with Gasteiger partial charge in [-0.05, 0) is 64.1 Å². The van der Waals surface area contributed by atoms with E-state index in [0.29, 0.717) is 11.3 Å². The highest BCUT2D eigenvalue weighted by Gasteiger charge is 2.15. The van der Waals surface area contributed by atoms with Crippen molar-refractivity contribution in [3.63, 3.8) is 0 Å². The number of hydrogen-bond donors (Lipinski definition) is 1. The molecule has 2 nitrogen and oxygen atoms in total. The molecule has 0 saturated carbocycles. The Hall–Kier alpha value is -1.87.